The number of benzene rings is 3. The Balaban J connectivity index is 2.12. The molecule has 0 bridgehead atoms. The molecule has 3 aromatic carbocycles. The van der Waals surface area contributed by atoms with E-state index in [-0.39, 0.29) is 40.0 Å². The number of hydrogen-bond acceptors (Lipinski definition) is 2. The Kier molecular flexibility index (Phi) is 3.91. The number of halogens is 3. The number of methoxy groups -OCH3 is 1. The van der Waals surface area contributed by atoms with E-state index in [4.69, 9.17) is 4.74 Å². The summed E-state index contributed by atoms with van der Waals surface area (Å²) in [5.74, 6) is -5.64. The van der Waals surface area contributed by atoms with Crippen LogP contribution in [-0.4, -0.2) is 18.2 Å². The average molecular weight is 370 g/mol. The smallest absolute Gasteiger partial charge is 0.340 e. The van der Waals surface area contributed by atoms with Gasteiger partial charge in [0.25, 0.3) is 0 Å². The van der Waals surface area contributed by atoms with Gasteiger partial charge in [-0.2, -0.15) is 0 Å². The van der Waals surface area contributed by atoms with Crippen LogP contribution in [0.25, 0.3) is 22.3 Å². The Bertz CT molecular complexity index is 1110. The summed E-state index contributed by atoms with van der Waals surface area (Å²) >= 11 is 0. The zero-order valence-electron chi connectivity index (χ0n) is 14.1. The van der Waals surface area contributed by atoms with Gasteiger partial charge in [0.05, 0.1) is 7.11 Å². The number of fused-ring (bicyclic) bond motifs is 3. The molecule has 0 atom stereocenters. The summed E-state index contributed by atoms with van der Waals surface area (Å²) in [6.07, 6.45) is 0.172. The van der Waals surface area contributed by atoms with Gasteiger partial charge in [-0.05, 0) is 29.2 Å². The minimum Gasteiger partial charge on any atom is -0.496 e. The third-order valence-electron chi connectivity index (χ3n) is 4.81. The highest BCUT2D eigenvalue weighted by molar-refractivity contribution is 6.00. The molecule has 1 N–H and O–H groups in total. The molecule has 0 aliphatic heterocycles. The third-order valence-corrected chi connectivity index (χ3v) is 4.81. The topological polar surface area (TPSA) is 46.5 Å². The van der Waals surface area contributed by atoms with Crippen molar-refractivity contribution in [2.45, 2.75) is 6.42 Å². The minimum atomic E-state index is -1.63. The van der Waals surface area contributed by atoms with Crippen molar-refractivity contribution in [1.29, 1.82) is 0 Å². The maximum absolute atomic E-state index is 14.9. The number of aromatic carboxylic acids is 1. The fourth-order valence-electron chi connectivity index (χ4n) is 3.68. The molecule has 0 spiro atoms. The molecule has 0 radical (unpaired) electrons. The van der Waals surface area contributed by atoms with Gasteiger partial charge >= 0.3 is 5.97 Å². The number of carbonyl (C=O) groups is 1. The Morgan fingerprint density at radius 2 is 1.56 bits per heavy atom. The van der Waals surface area contributed by atoms with Crippen molar-refractivity contribution in [2.24, 2.45) is 0 Å². The van der Waals surface area contributed by atoms with Crippen molar-refractivity contribution >= 4 is 5.97 Å². The van der Waals surface area contributed by atoms with Gasteiger partial charge in [-0.25, -0.2) is 18.0 Å². The Morgan fingerprint density at radius 1 is 0.926 bits per heavy atom. The first-order valence-electron chi connectivity index (χ1n) is 8.14. The zero-order chi connectivity index (χ0) is 19.3. The molecule has 0 aromatic heterocycles. The summed E-state index contributed by atoms with van der Waals surface area (Å²) in [5.41, 5.74) is 0.783. The summed E-state index contributed by atoms with van der Waals surface area (Å²) in [5, 5.41) is 9.61. The van der Waals surface area contributed by atoms with Crippen LogP contribution in [-0.2, 0) is 6.42 Å². The average Bonchev–Trinajstić information content (AvgIpc) is 3.05. The molecule has 0 heterocycles. The zero-order valence-corrected chi connectivity index (χ0v) is 14.1. The lowest BCUT2D eigenvalue weighted by atomic mass is 9.91. The van der Waals surface area contributed by atoms with Crippen molar-refractivity contribution in [3.63, 3.8) is 0 Å². The number of rotatable bonds is 3. The van der Waals surface area contributed by atoms with Gasteiger partial charge in [-0.3, -0.25) is 0 Å². The van der Waals surface area contributed by atoms with E-state index in [1.165, 1.54) is 25.3 Å². The van der Waals surface area contributed by atoms with E-state index < -0.39 is 23.4 Å². The quantitative estimate of drug-likeness (QED) is 0.514. The van der Waals surface area contributed by atoms with Crippen LogP contribution in [0.15, 0.2) is 42.5 Å². The van der Waals surface area contributed by atoms with Gasteiger partial charge in [0.15, 0.2) is 17.5 Å². The largest absolute Gasteiger partial charge is 0.496 e. The summed E-state index contributed by atoms with van der Waals surface area (Å²) in [6, 6.07) is 11.1. The molecule has 0 saturated carbocycles. The molecule has 1 aliphatic rings. The second-order valence-corrected chi connectivity index (χ2v) is 6.19. The highest BCUT2D eigenvalue weighted by Crippen LogP contribution is 2.46. The van der Waals surface area contributed by atoms with Crippen LogP contribution in [0.3, 0.4) is 0 Å². The molecule has 0 unspecified atom stereocenters. The Hall–Kier alpha value is -3.28. The standard InChI is InChI=1S/C21H13F3O3/c1-27-14-8-4-7-12(17(14)21(25)26)16-13-9-10-5-2-3-6-11(10)15(13)18(22)20(24)19(16)23/h2-8H,9H2,1H3,(H,25,26). The SMILES string of the molecule is COc1cccc(-c2c(F)c(F)c(F)c3c2Cc2ccccc2-3)c1C(=O)O. The molecule has 6 heteroatoms. The summed E-state index contributed by atoms with van der Waals surface area (Å²) in [6.45, 7) is 0. The first-order chi connectivity index (χ1) is 13.0. The van der Waals surface area contributed by atoms with Crippen LogP contribution in [0.2, 0.25) is 0 Å². The predicted molar refractivity (Wildman–Crippen MR) is 93.5 cm³/mol. The van der Waals surface area contributed by atoms with E-state index in [0.717, 1.165) is 5.56 Å². The monoisotopic (exact) mass is 370 g/mol. The van der Waals surface area contributed by atoms with Gasteiger partial charge in [0, 0.05) is 16.7 Å². The maximum Gasteiger partial charge on any atom is 0.340 e. The van der Waals surface area contributed by atoms with Crippen LogP contribution in [0, 0.1) is 17.5 Å². The number of carboxylic acid groups (broad SMARTS) is 1. The summed E-state index contributed by atoms with van der Waals surface area (Å²) in [4.78, 5) is 11.8. The van der Waals surface area contributed by atoms with E-state index in [1.807, 2.05) is 0 Å². The van der Waals surface area contributed by atoms with E-state index in [0.29, 0.717) is 5.56 Å². The van der Waals surface area contributed by atoms with Crippen molar-refractivity contribution < 1.29 is 27.8 Å². The molecule has 0 amide bonds. The fraction of sp³-hybridized carbons (Fsp3) is 0.0952. The molecular weight excluding hydrogens is 357 g/mol. The van der Waals surface area contributed by atoms with Crippen molar-refractivity contribution in [1.82, 2.24) is 0 Å². The molecular formula is C21H13F3O3. The highest BCUT2D eigenvalue weighted by Gasteiger charge is 2.33. The van der Waals surface area contributed by atoms with E-state index in [1.54, 1.807) is 24.3 Å². The van der Waals surface area contributed by atoms with Crippen molar-refractivity contribution in [2.75, 3.05) is 7.11 Å². The van der Waals surface area contributed by atoms with E-state index >= 15 is 0 Å². The Morgan fingerprint density at radius 3 is 2.22 bits per heavy atom. The van der Waals surface area contributed by atoms with Gasteiger partial charge in [0.2, 0.25) is 0 Å². The molecule has 0 fully saturated rings. The third kappa shape index (κ3) is 2.40. The van der Waals surface area contributed by atoms with Gasteiger partial charge in [0.1, 0.15) is 11.3 Å². The van der Waals surface area contributed by atoms with Crippen molar-refractivity contribution in [3.8, 4) is 28.0 Å². The molecule has 136 valence electrons. The van der Waals surface area contributed by atoms with Gasteiger partial charge < -0.3 is 9.84 Å². The number of carboxylic acids is 1. The number of ether oxygens (including phenoxy) is 1. The molecule has 3 nitrogen and oxygen atoms in total. The Labute approximate surface area is 152 Å². The first kappa shape index (κ1) is 17.1. The molecule has 3 aromatic rings. The van der Waals surface area contributed by atoms with Gasteiger partial charge in [-0.15, -0.1) is 0 Å². The first-order valence-corrected chi connectivity index (χ1v) is 8.14. The van der Waals surface area contributed by atoms with Crippen LogP contribution in [0.4, 0.5) is 13.2 Å². The number of hydrogen-bond donors (Lipinski definition) is 1. The van der Waals surface area contributed by atoms with Crippen LogP contribution in [0.1, 0.15) is 21.5 Å². The lowest BCUT2D eigenvalue weighted by molar-refractivity contribution is 0.0694. The molecule has 1 aliphatic carbocycles. The van der Waals surface area contributed by atoms with Crippen LogP contribution in [0.5, 0.6) is 5.75 Å². The summed E-state index contributed by atoms with van der Waals surface area (Å²) < 4.78 is 48.9. The van der Waals surface area contributed by atoms with Crippen LogP contribution >= 0.6 is 0 Å². The lowest BCUT2D eigenvalue weighted by Gasteiger charge is -2.16. The lowest BCUT2D eigenvalue weighted by Crippen LogP contribution is -2.07. The summed E-state index contributed by atoms with van der Waals surface area (Å²) in [7, 11) is 1.29. The second-order valence-electron chi connectivity index (χ2n) is 6.19. The molecule has 4 rings (SSSR count). The van der Waals surface area contributed by atoms with Crippen molar-refractivity contribution in [3.05, 3.63) is 76.6 Å². The van der Waals surface area contributed by atoms with E-state index in [2.05, 4.69) is 0 Å². The van der Waals surface area contributed by atoms with Gasteiger partial charge in [-0.1, -0.05) is 36.4 Å². The fourth-order valence-corrected chi connectivity index (χ4v) is 3.68. The normalized spacial score (nSPS) is 11.9. The molecule has 27 heavy (non-hydrogen) atoms. The molecule has 0 saturated heterocycles. The highest BCUT2D eigenvalue weighted by atomic mass is 19.2. The second kappa shape index (κ2) is 6.16. The minimum absolute atomic E-state index is 0.00777. The van der Waals surface area contributed by atoms with Crippen LogP contribution < -0.4 is 4.74 Å². The maximum atomic E-state index is 14.9. The van der Waals surface area contributed by atoms with E-state index in [9.17, 15) is 23.1 Å². The predicted octanol–water partition coefficient (Wildman–Crippen LogP) is 5.05.